The molecule has 1 aliphatic rings. The van der Waals surface area contributed by atoms with Crippen LogP contribution in [0.3, 0.4) is 0 Å². The molecule has 3 aromatic carbocycles. The first-order valence-corrected chi connectivity index (χ1v) is 14.2. The number of anilines is 1. The minimum Gasteiger partial charge on any atom is -0.487 e. The Morgan fingerprint density at radius 3 is 2.44 bits per heavy atom. The maximum absolute atomic E-state index is 14.3. The highest BCUT2D eigenvalue weighted by Crippen LogP contribution is 2.33. The number of nitrogens with one attached hydrogen (secondary N) is 1. The number of amides is 1. The molecule has 45 heavy (non-hydrogen) atoms. The number of hydrogen-bond acceptors (Lipinski definition) is 7. The lowest BCUT2D eigenvalue weighted by molar-refractivity contribution is -0.385. The standard InChI is InChI=1S/C30H33ClF2N6O5.BrH/c1-4-43-28-16-22(6-9-26(28)39(41)42)37-11-13-38(14-12-37)30(35-19-29(40)36(2)3)34-18-20-15-21(32)5-10-27(20)44-23-7-8-25(33)24(31)17-23;/h5-10,15-17H,4,11-14,18-19H2,1-3H3,(H,34,35);1H. The number of aliphatic imine (C=N–C) groups is 1. The topological polar surface area (TPSA) is 113 Å². The van der Waals surface area contributed by atoms with E-state index in [1.165, 1.54) is 47.4 Å². The van der Waals surface area contributed by atoms with Crippen LogP contribution in [-0.4, -0.2) is 80.0 Å². The normalized spacial score (nSPS) is 13.2. The number of rotatable bonds is 10. The average Bonchev–Trinajstić information content (AvgIpc) is 3.00. The lowest BCUT2D eigenvalue weighted by Gasteiger charge is -2.38. The summed E-state index contributed by atoms with van der Waals surface area (Å²) in [5.41, 5.74) is 1.12. The maximum atomic E-state index is 14.3. The summed E-state index contributed by atoms with van der Waals surface area (Å²) in [6.07, 6.45) is 0. The van der Waals surface area contributed by atoms with E-state index in [9.17, 15) is 23.7 Å². The van der Waals surface area contributed by atoms with Crippen molar-refractivity contribution in [2.45, 2.75) is 13.5 Å². The molecule has 1 saturated heterocycles. The van der Waals surface area contributed by atoms with Gasteiger partial charge in [0.25, 0.3) is 0 Å². The van der Waals surface area contributed by atoms with Crippen molar-refractivity contribution in [2.75, 3.05) is 58.3 Å². The molecule has 0 atom stereocenters. The van der Waals surface area contributed by atoms with E-state index in [4.69, 9.17) is 26.1 Å². The maximum Gasteiger partial charge on any atom is 0.311 e. The zero-order valence-corrected chi connectivity index (χ0v) is 27.4. The highest BCUT2D eigenvalue weighted by atomic mass is 79.9. The Hall–Kier alpha value is -4.17. The Bertz CT molecular complexity index is 1540. The van der Waals surface area contributed by atoms with Crippen molar-refractivity contribution in [1.82, 2.24) is 15.1 Å². The van der Waals surface area contributed by atoms with Gasteiger partial charge in [-0.25, -0.2) is 13.8 Å². The van der Waals surface area contributed by atoms with Crippen molar-refractivity contribution in [1.29, 1.82) is 0 Å². The van der Waals surface area contributed by atoms with Crippen molar-refractivity contribution in [3.05, 3.63) is 86.9 Å². The van der Waals surface area contributed by atoms with Crippen molar-refractivity contribution in [2.24, 2.45) is 4.99 Å². The molecule has 1 fully saturated rings. The van der Waals surface area contributed by atoms with Gasteiger partial charge < -0.3 is 29.5 Å². The molecule has 0 aliphatic carbocycles. The quantitative estimate of drug-likeness (QED) is 0.124. The van der Waals surface area contributed by atoms with Crippen LogP contribution >= 0.6 is 28.6 Å². The van der Waals surface area contributed by atoms with Crippen LogP contribution in [0.1, 0.15) is 12.5 Å². The largest absolute Gasteiger partial charge is 0.487 e. The van der Waals surface area contributed by atoms with E-state index in [2.05, 4.69) is 10.2 Å². The molecule has 1 aliphatic heterocycles. The van der Waals surface area contributed by atoms with E-state index in [-0.39, 0.29) is 58.2 Å². The van der Waals surface area contributed by atoms with Crippen LogP contribution in [0.5, 0.6) is 17.2 Å². The predicted molar refractivity (Wildman–Crippen MR) is 174 cm³/mol. The highest BCUT2D eigenvalue weighted by Gasteiger charge is 2.24. The molecule has 0 spiro atoms. The number of nitro groups is 1. The van der Waals surface area contributed by atoms with E-state index >= 15 is 0 Å². The molecule has 242 valence electrons. The van der Waals surface area contributed by atoms with Gasteiger partial charge in [-0.3, -0.25) is 14.9 Å². The Balaban J connectivity index is 0.00000552. The molecule has 1 heterocycles. The third-order valence-electron chi connectivity index (χ3n) is 6.82. The van der Waals surface area contributed by atoms with Crippen LogP contribution in [0.15, 0.2) is 59.6 Å². The fourth-order valence-corrected chi connectivity index (χ4v) is 4.65. The van der Waals surface area contributed by atoms with E-state index in [1.54, 1.807) is 33.2 Å². The zero-order chi connectivity index (χ0) is 31.8. The third-order valence-corrected chi connectivity index (χ3v) is 7.11. The second kappa shape index (κ2) is 16.2. The molecule has 3 aromatic rings. The van der Waals surface area contributed by atoms with Gasteiger partial charge in [-0.15, -0.1) is 17.0 Å². The van der Waals surface area contributed by atoms with Crippen molar-refractivity contribution >= 4 is 51.8 Å². The lowest BCUT2D eigenvalue weighted by Crippen LogP contribution is -2.53. The number of carbonyl (C=O) groups excluding carboxylic acids is 1. The number of halogens is 4. The molecule has 1 amide bonds. The number of nitrogens with zero attached hydrogens (tertiary/aromatic N) is 5. The Kier molecular flexibility index (Phi) is 12.7. The van der Waals surface area contributed by atoms with Gasteiger partial charge in [0.15, 0.2) is 11.7 Å². The molecule has 1 N–H and O–H groups in total. The van der Waals surface area contributed by atoms with Gasteiger partial charge in [-0.1, -0.05) is 11.6 Å². The van der Waals surface area contributed by atoms with Crippen molar-refractivity contribution in [3.8, 4) is 17.2 Å². The average molecular weight is 712 g/mol. The first-order chi connectivity index (χ1) is 21.0. The second-order valence-corrected chi connectivity index (χ2v) is 10.4. The number of guanidine groups is 1. The molecule has 11 nitrogen and oxygen atoms in total. The fraction of sp³-hybridized carbons (Fsp3) is 0.333. The third kappa shape index (κ3) is 9.41. The first kappa shape index (κ1) is 35.3. The molecule has 4 rings (SSSR count). The van der Waals surface area contributed by atoms with E-state index < -0.39 is 16.6 Å². The number of nitro benzene ring substituents is 1. The number of benzene rings is 3. The summed E-state index contributed by atoms with van der Waals surface area (Å²) < 4.78 is 39.3. The summed E-state index contributed by atoms with van der Waals surface area (Å²) in [5, 5.41) is 14.4. The van der Waals surface area contributed by atoms with Gasteiger partial charge in [-0.05, 0) is 43.3 Å². The smallest absolute Gasteiger partial charge is 0.311 e. The summed E-state index contributed by atoms with van der Waals surface area (Å²) in [6.45, 7) is 4.23. The fourth-order valence-electron chi connectivity index (χ4n) is 4.48. The summed E-state index contributed by atoms with van der Waals surface area (Å²) in [7, 11) is 3.30. The summed E-state index contributed by atoms with van der Waals surface area (Å²) in [6, 6.07) is 12.7. The number of hydrogen-bond donors (Lipinski definition) is 1. The molecular formula is C30H34BrClF2N6O5. The summed E-state index contributed by atoms with van der Waals surface area (Å²) in [4.78, 5) is 33.5. The number of piperazine rings is 1. The van der Waals surface area contributed by atoms with Crippen LogP contribution in [0.25, 0.3) is 0 Å². The Morgan fingerprint density at radius 1 is 1.07 bits per heavy atom. The first-order valence-electron chi connectivity index (χ1n) is 13.9. The highest BCUT2D eigenvalue weighted by molar-refractivity contribution is 8.93. The van der Waals surface area contributed by atoms with Crippen molar-refractivity contribution < 1.29 is 28.0 Å². The van der Waals surface area contributed by atoms with Crippen LogP contribution in [0, 0.1) is 21.7 Å². The lowest BCUT2D eigenvalue weighted by atomic mass is 10.2. The number of ether oxygens (including phenoxy) is 2. The molecule has 0 aromatic heterocycles. The molecule has 15 heteroatoms. The van der Waals surface area contributed by atoms with Gasteiger partial charge in [0, 0.05) is 69.7 Å². The van der Waals surface area contributed by atoms with Gasteiger partial charge in [0.1, 0.15) is 23.1 Å². The van der Waals surface area contributed by atoms with Gasteiger partial charge in [0.2, 0.25) is 5.91 Å². The van der Waals surface area contributed by atoms with E-state index in [0.717, 1.165) is 5.69 Å². The summed E-state index contributed by atoms with van der Waals surface area (Å²) >= 11 is 5.89. The molecule has 0 radical (unpaired) electrons. The minimum absolute atomic E-state index is 0. The van der Waals surface area contributed by atoms with Crippen molar-refractivity contribution in [3.63, 3.8) is 0 Å². The zero-order valence-electron chi connectivity index (χ0n) is 25.0. The minimum atomic E-state index is -0.589. The van der Waals surface area contributed by atoms with E-state index in [0.29, 0.717) is 50.1 Å². The number of carbonyl (C=O) groups is 1. The van der Waals surface area contributed by atoms with Gasteiger partial charge in [-0.2, -0.15) is 0 Å². The van der Waals surface area contributed by atoms with Crippen LogP contribution in [0.4, 0.5) is 20.2 Å². The van der Waals surface area contributed by atoms with Crippen LogP contribution in [-0.2, 0) is 11.3 Å². The number of likely N-dealkylation sites (N-methyl/N-ethyl adjacent to an activating group) is 1. The Morgan fingerprint density at radius 2 is 1.80 bits per heavy atom. The Labute approximate surface area is 275 Å². The van der Waals surface area contributed by atoms with Gasteiger partial charge in [0.05, 0.1) is 29.6 Å². The monoisotopic (exact) mass is 710 g/mol. The second-order valence-electron chi connectivity index (χ2n) is 10.0. The van der Waals surface area contributed by atoms with Gasteiger partial charge >= 0.3 is 5.69 Å². The SMILES string of the molecule is Br.CCOc1cc(N2CCN(C(=NCc3cc(F)ccc3Oc3ccc(F)c(Cl)c3)NCC(=O)N(C)C)CC2)ccc1[N+](=O)[O-]. The summed E-state index contributed by atoms with van der Waals surface area (Å²) in [5.74, 6) is 0.00826. The predicted octanol–water partition coefficient (Wildman–Crippen LogP) is 5.65. The molecule has 0 unspecified atom stereocenters. The molecule has 0 saturated carbocycles. The molecule has 0 bridgehead atoms. The molecular weight excluding hydrogens is 678 g/mol. The van der Waals surface area contributed by atoms with Crippen LogP contribution in [0.2, 0.25) is 5.02 Å². The van der Waals surface area contributed by atoms with Crippen LogP contribution < -0.4 is 19.7 Å². The van der Waals surface area contributed by atoms with E-state index in [1.807, 2.05) is 4.90 Å².